The topological polar surface area (TPSA) is 58.6 Å². The lowest BCUT2D eigenvalue weighted by Gasteiger charge is -2.28. The Balaban J connectivity index is 2.41. The Morgan fingerprint density at radius 3 is 2.57 bits per heavy atom. The van der Waals surface area contributed by atoms with Gasteiger partial charge in [-0.25, -0.2) is 4.79 Å². The fourth-order valence-electron chi connectivity index (χ4n) is 2.46. The highest BCUT2D eigenvalue weighted by molar-refractivity contribution is 5.86. The second-order valence-corrected chi connectivity index (χ2v) is 6.68. The Kier molecular flexibility index (Phi) is 6.99. The Hall–Kier alpha value is -1.26. The second-order valence-electron chi connectivity index (χ2n) is 6.68. The lowest BCUT2D eigenvalue weighted by Crippen LogP contribution is -2.47. The van der Waals surface area contributed by atoms with Gasteiger partial charge >= 0.3 is 6.09 Å². The molecule has 0 unspecified atom stereocenters. The van der Waals surface area contributed by atoms with Gasteiger partial charge in [-0.2, -0.15) is 0 Å². The molecule has 1 saturated heterocycles. The Morgan fingerprint density at radius 1 is 1.24 bits per heavy atom. The monoisotopic (exact) mass is 298 g/mol. The minimum absolute atomic E-state index is 0.0464. The molecule has 1 rings (SSSR count). The number of hydrogen-bond acceptors (Lipinski definition) is 3. The van der Waals surface area contributed by atoms with Crippen LogP contribution in [0.5, 0.6) is 0 Å². The SMILES string of the molecule is CCCCCCNC(=O)[C@H]1CCCN1C(=O)OC(C)(C)C. The molecule has 5 heteroatoms. The van der Waals surface area contributed by atoms with Crippen LogP contribution in [0, 0.1) is 0 Å². The first-order valence-electron chi connectivity index (χ1n) is 8.12. The second kappa shape index (κ2) is 8.25. The molecule has 0 bridgehead atoms. The van der Waals surface area contributed by atoms with Crippen molar-refractivity contribution >= 4 is 12.0 Å². The zero-order valence-corrected chi connectivity index (χ0v) is 13.9. The molecule has 0 spiro atoms. The van der Waals surface area contributed by atoms with Crippen LogP contribution in [-0.4, -0.2) is 41.6 Å². The number of nitrogens with zero attached hydrogens (tertiary/aromatic N) is 1. The van der Waals surface area contributed by atoms with Crippen LogP contribution in [0.2, 0.25) is 0 Å². The van der Waals surface area contributed by atoms with E-state index in [0.717, 1.165) is 25.7 Å². The van der Waals surface area contributed by atoms with Gasteiger partial charge in [0, 0.05) is 13.1 Å². The molecule has 0 radical (unpaired) electrons. The average Bonchev–Trinajstić information content (AvgIpc) is 2.85. The summed E-state index contributed by atoms with van der Waals surface area (Å²) in [5.74, 6) is -0.0464. The standard InChI is InChI=1S/C16H30N2O3/c1-5-6-7-8-11-17-14(19)13-10-9-12-18(13)15(20)21-16(2,3)4/h13H,5-12H2,1-4H3,(H,17,19)/t13-/m1/s1. The minimum atomic E-state index is -0.527. The minimum Gasteiger partial charge on any atom is -0.444 e. The van der Waals surface area contributed by atoms with Gasteiger partial charge in [0.2, 0.25) is 5.91 Å². The van der Waals surface area contributed by atoms with E-state index in [1.165, 1.54) is 12.8 Å². The number of nitrogens with one attached hydrogen (secondary N) is 1. The number of hydrogen-bond donors (Lipinski definition) is 1. The molecule has 0 saturated carbocycles. The number of ether oxygens (including phenoxy) is 1. The highest BCUT2D eigenvalue weighted by Crippen LogP contribution is 2.20. The molecule has 0 aromatic carbocycles. The van der Waals surface area contributed by atoms with Crippen molar-refractivity contribution in [1.82, 2.24) is 10.2 Å². The zero-order chi connectivity index (χ0) is 15.9. The number of rotatable bonds is 6. The van der Waals surface area contributed by atoms with E-state index >= 15 is 0 Å². The van der Waals surface area contributed by atoms with E-state index in [4.69, 9.17) is 4.74 Å². The maximum absolute atomic E-state index is 12.2. The van der Waals surface area contributed by atoms with E-state index < -0.39 is 5.60 Å². The summed E-state index contributed by atoms with van der Waals surface area (Å²) in [6.07, 6.45) is 5.71. The van der Waals surface area contributed by atoms with Crippen molar-refractivity contribution in [1.29, 1.82) is 0 Å². The third kappa shape index (κ3) is 6.36. The van der Waals surface area contributed by atoms with Crippen molar-refractivity contribution in [3.05, 3.63) is 0 Å². The van der Waals surface area contributed by atoms with Crippen molar-refractivity contribution < 1.29 is 14.3 Å². The lowest BCUT2D eigenvalue weighted by atomic mass is 10.2. The van der Waals surface area contributed by atoms with Crippen LogP contribution >= 0.6 is 0 Å². The Morgan fingerprint density at radius 2 is 1.95 bits per heavy atom. The first-order chi connectivity index (χ1) is 9.85. The molecule has 0 aliphatic carbocycles. The van der Waals surface area contributed by atoms with Crippen LogP contribution in [0.25, 0.3) is 0 Å². The number of likely N-dealkylation sites (tertiary alicyclic amines) is 1. The largest absolute Gasteiger partial charge is 0.444 e. The van der Waals surface area contributed by atoms with Gasteiger partial charge in [0.1, 0.15) is 11.6 Å². The summed E-state index contributed by atoms with van der Waals surface area (Å²) in [6.45, 7) is 8.97. The molecule has 0 aromatic rings. The molecule has 2 amide bonds. The Bertz CT molecular complexity index is 350. The van der Waals surface area contributed by atoms with Crippen molar-refractivity contribution in [3.8, 4) is 0 Å². The molecule has 0 aromatic heterocycles. The van der Waals surface area contributed by atoms with Gasteiger partial charge in [-0.3, -0.25) is 9.69 Å². The molecule has 1 aliphatic rings. The summed E-state index contributed by atoms with van der Waals surface area (Å²) in [5, 5.41) is 2.94. The lowest BCUT2D eigenvalue weighted by molar-refractivity contribution is -0.125. The van der Waals surface area contributed by atoms with Gasteiger partial charge in [-0.15, -0.1) is 0 Å². The molecule has 122 valence electrons. The van der Waals surface area contributed by atoms with E-state index in [1.54, 1.807) is 4.90 Å². The quantitative estimate of drug-likeness (QED) is 0.767. The number of carbonyl (C=O) groups is 2. The summed E-state index contributed by atoms with van der Waals surface area (Å²) >= 11 is 0. The summed E-state index contributed by atoms with van der Waals surface area (Å²) < 4.78 is 5.37. The maximum Gasteiger partial charge on any atom is 0.410 e. The van der Waals surface area contributed by atoms with Gasteiger partial charge < -0.3 is 10.1 Å². The van der Waals surface area contributed by atoms with E-state index in [2.05, 4.69) is 12.2 Å². The molecule has 1 aliphatic heterocycles. The van der Waals surface area contributed by atoms with Gasteiger partial charge in [0.25, 0.3) is 0 Å². The molecule has 1 atom stereocenters. The van der Waals surface area contributed by atoms with Gasteiger partial charge in [0.05, 0.1) is 0 Å². The summed E-state index contributed by atoms with van der Waals surface area (Å²) in [6, 6.07) is -0.369. The van der Waals surface area contributed by atoms with Crippen LogP contribution < -0.4 is 5.32 Å². The third-order valence-electron chi connectivity index (χ3n) is 3.51. The van der Waals surface area contributed by atoms with E-state index in [1.807, 2.05) is 20.8 Å². The van der Waals surface area contributed by atoms with Gasteiger partial charge in [-0.1, -0.05) is 26.2 Å². The van der Waals surface area contributed by atoms with Crippen LogP contribution in [0.4, 0.5) is 4.79 Å². The molecule has 1 heterocycles. The highest BCUT2D eigenvalue weighted by atomic mass is 16.6. The summed E-state index contributed by atoms with van der Waals surface area (Å²) in [4.78, 5) is 25.9. The first kappa shape index (κ1) is 17.8. The predicted molar refractivity (Wildman–Crippen MR) is 83.1 cm³/mol. The average molecular weight is 298 g/mol. The molecular formula is C16H30N2O3. The van der Waals surface area contributed by atoms with Crippen LogP contribution in [0.15, 0.2) is 0 Å². The van der Waals surface area contributed by atoms with Crippen LogP contribution in [-0.2, 0) is 9.53 Å². The molecule has 21 heavy (non-hydrogen) atoms. The molecular weight excluding hydrogens is 268 g/mol. The van der Waals surface area contributed by atoms with Gasteiger partial charge in [-0.05, 0) is 40.0 Å². The van der Waals surface area contributed by atoms with Crippen LogP contribution in [0.1, 0.15) is 66.2 Å². The van der Waals surface area contributed by atoms with Crippen molar-refractivity contribution in [2.24, 2.45) is 0 Å². The Labute approximate surface area is 128 Å². The van der Waals surface area contributed by atoms with Crippen molar-refractivity contribution in [3.63, 3.8) is 0 Å². The third-order valence-corrected chi connectivity index (χ3v) is 3.51. The molecule has 1 fully saturated rings. The van der Waals surface area contributed by atoms with Gasteiger partial charge in [0.15, 0.2) is 0 Å². The fourth-order valence-corrected chi connectivity index (χ4v) is 2.46. The maximum atomic E-state index is 12.2. The molecule has 5 nitrogen and oxygen atoms in total. The van der Waals surface area contributed by atoms with Crippen molar-refractivity contribution in [2.45, 2.75) is 77.9 Å². The van der Waals surface area contributed by atoms with E-state index in [0.29, 0.717) is 13.1 Å². The number of unbranched alkanes of at least 4 members (excludes halogenated alkanes) is 3. The van der Waals surface area contributed by atoms with Crippen LogP contribution in [0.3, 0.4) is 0 Å². The first-order valence-corrected chi connectivity index (χ1v) is 8.12. The normalized spacial score (nSPS) is 18.7. The van der Waals surface area contributed by atoms with Crippen molar-refractivity contribution in [2.75, 3.05) is 13.1 Å². The fraction of sp³-hybridized carbons (Fsp3) is 0.875. The smallest absolute Gasteiger partial charge is 0.410 e. The number of amides is 2. The summed E-state index contributed by atoms with van der Waals surface area (Å²) in [7, 11) is 0. The number of carbonyl (C=O) groups excluding carboxylic acids is 2. The highest BCUT2D eigenvalue weighted by Gasteiger charge is 2.36. The zero-order valence-electron chi connectivity index (χ0n) is 13.9. The molecule has 1 N–H and O–H groups in total. The van der Waals surface area contributed by atoms with E-state index in [-0.39, 0.29) is 18.0 Å². The van der Waals surface area contributed by atoms with E-state index in [9.17, 15) is 9.59 Å². The summed E-state index contributed by atoms with van der Waals surface area (Å²) in [5.41, 5.74) is -0.527. The predicted octanol–water partition coefficient (Wildman–Crippen LogP) is 3.08.